The average molecular weight is 390 g/mol. The topological polar surface area (TPSA) is 64.6 Å². The van der Waals surface area contributed by atoms with Gasteiger partial charge in [-0.3, -0.25) is 4.72 Å². The molecule has 134 valence electrons. The lowest BCUT2D eigenvalue weighted by Gasteiger charge is -2.12. The minimum absolute atomic E-state index is 0.0684. The van der Waals surface area contributed by atoms with Gasteiger partial charge in [0.2, 0.25) is 0 Å². The molecule has 0 aromatic heterocycles. The number of methoxy groups -OCH3 is 1. The first-order valence-electron chi connectivity index (χ1n) is 7.68. The molecule has 5 nitrogen and oxygen atoms in total. The maximum absolute atomic E-state index is 12.6. The molecule has 0 aliphatic heterocycles. The Balaban J connectivity index is 1.78. The number of benzene rings is 3. The Morgan fingerprint density at radius 1 is 0.846 bits per heavy atom. The summed E-state index contributed by atoms with van der Waals surface area (Å²) in [6.45, 7) is 0. The van der Waals surface area contributed by atoms with Gasteiger partial charge in [-0.15, -0.1) is 0 Å². The number of rotatable bonds is 6. The predicted octanol–water partition coefficient (Wildman–Crippen LogP) is 4.94. The Morgan fingerprint density at radius 2 is 1.46 bits per heavy atom. The molecule has 0 saturated carbocycles. The van der Waals surface area contributed by atoms with E-state index in [1.54, 1.807) is 54.6 Å². The first kappa shape index (κ1) is 18.1. The van der Waals surface area contributed by atoms with Crippen molar-refractivity contribution in [1.29, 1.82) is 0 Å². The molecule has 0 spiro atoms. The van der Waals surface area contributed by atoms with Crippen molar-refractivity contribution in [2.75, 3.05) is 11.8 Å². The summed E-state index contributed by atoms with van der Waals surface area (Å²) in [6.07, 6.45) is 0. The summed E-state index contributed by atoms with van der Waals surface area (Å²) in [5.41, 5.74) is 0.405. The van der Waals surface area contributed by atoms with Gasteiger partial charge in [0, 0.05) is 5.69 Å². The highest BCUT2D eigenvalue weighted by Crippen LogP contribution is 2.30. The van der Waals surface area contributed by atoms with Crippen LogP contribution in [0.1, 0.15) is 0 Å². The minimum atomic E-state index is -3.77. The number of para-hydroxylation sites is 2. The SMILES string of the molecule is COc1ccccc1S(=O)(=O)Nc1ccc(Oc2ccccc2Cl)cc1. The average Bonchev–Trinajstić information content (AvgIpc) is 2.65. The van der Waals surface area contributed by atoms with Gasteiger partial charge in [0.15, 0.2) is 0 Å². The van der Waals surface area contributed by atoms with E-state index in [-0.39, 0.29) is 10.6 Å². The van der Waals surface area contributed by atoms with Crippen LogP contribution in [0, 0.1) is 0 Å². The highest BCUT2D eigenvalue weighted by Gasteiger charge is 2.19. The van der Waals surface area contributed by atoms with Gasteiger partial charge in [-0.1, -0.05) is 35.9 Å². The molecule has 3 aromatic rings. The van der Waals surface area contributed by atoms with E-state index in [1.807, 2.05) is 12.1 Å². The predicted molar refractivity (Wildman–Crippen MR) is 102 cm³/mol. The molecule has 0 saturated heterocycles. The van der Waals surface area contributed by atoms with E-state index < -0.39 is 10.0 Å². The van der Waals surface area contributed by atoms with Crippen LogP contribution in [0.2, 0.25) is 5.02 Å². The van der Waals surface area contributed by atoms with E-state index >= 15 is 0 Å². The lowest BCUT2D eigenvalue weighted by molar-refractivity contribution is 0.403. The van der Waals surface area contributed by atoms with Gasteiger partial charge in [-0.2, -0.15) is 0 Å². The smallest absolute Gasteiger partial charge is 0.265 e. The van der Waals surface area contributed by atoms with Crippen LogP contribution in [-0.4, -0.2) is 15.5 Å². The van der Waals surface area contributed by atoms with Crippen LogP contribution in [0.5, 0.6) is 17.2 Å². The second kappa shape index (κ2) is 7.68. The fourth-order valence-electron chi connectivity index (χ4n) is 2.30. The van der Waals surface area contributed by atoms with Crippen LogP contribution in [0.15, 0.2) is 77.7 Å². The Kier molecular flexibility index (Phi) is 5.35. The van der Waals surface area contributed by atoms with Gasteiger partial charge in [-0.05, 0) is 48.5 Å². The van der Waals surface area contributed by atoms with Crippen LogP contribution in [0.4, 0.5) is 5.69 Å². The second-order valence-corrected chi connectivity index (χ2v) is 7.37. The number of anilines is 1. The Morgan fingerprint density at radius 3 is 2.12 bits per heavy atom. The molecule has 0 aliphatic carbocycles. The molecule has 0 radical (unpaired) electrons. The highest BCUT2D eigenvalue weighted by molar-refractivity contribution is 7.92. The van der Waals surface area contributed by atoms with Gasteiger partial charge in [0.25, 0.3) is 10.0 Å². The number of halogens is 1. The standard InChI is InChI=1S/C19H16ClNO4S/c1-24-18-8-4-5-9-19(18)26(22,23)21-14-10-12-15(13-11-14)25-17-7-3-2-6-16(17)20/h2-13,21H,1H3. The lowest BCUT2D eigenvalue weighted by Crippen LogP contribution is -2.13. The second-order valence-electron chi connectivity index (χ2n) is 5.31. The summed E-state index contributed by atoms with van der Waals surface area (Å²) in [5, 5.41) is 0.494. The van der Waals surface area contributed by atoms with E-state index in [0.717, 1.165) is 0 Å². The molecule has 0 heterocycles. The van der Waals surface area contributed by atoms with Crippen molar-refractivity contribution in [3.63, 3.8) is 0 Å². The van der Waals surface area contributed by atoms with Crippen molar-refractivity contribution < 1.29 is 17.9 Å². The lowest BCUT2D eigenvalue weighted by atomic mass is 10.3. The molecule has 7 heteroatoms. The van der Waals surface area contributed by atoms with Gasteiger partial charge in [-0.25, -0.2) is 8.42 Å². The van der Waals surface area contributed by atoms with Crippen LogP contribution >= 0.6 is 11.6 Å². The van der Waals surface area contributed by atoms with Crippen LogP contribution in [0.25, 0.3) is 0 Å². The molecule has 3 aromatic carbocycles. The summed E-state index contributed by atoms with van der Waals surface area (Å²) < 4.78 is 38.4. The fourth-order valence-corrected chi connectivity index (χ4v) is 3.70. The van der Waals surface area contributed by atoms with Crippen molar-refractivity contribution >= 4 is 27.3 Å². The molecule has 0 fully saturated rings. The first-order valence-corrected chi connectivity index (χ1v) is 9.54. The van der Waals surface area contributed by atoms with Crippen LogP contribution < -0.4 is 14.2 Å². The normalized spacial score (nSPS) is 11.0. The number of hydrogen-bond acceptors (Lipinski definition) is 4. The van der Waals surface area contributed by atoms with Crippen LogP contribution in [0.3, 0.4) is 0 Å². The quantitative estimate of drug-likeness (QED) is 0.648. The summed E-state index contributed by atoms with van der Waals surface area (Å²) in [7, 11) is -2.35. The molecule has 0 bridgehead atoms. The first-order chi connectivity index (χ1) is 12.5. The summed E-state index contributed by atoms with van der Waals surface area (Å²) >= 11 is 6.06. The zero-order valence-corrected chi connectivity index (χ0v) is 15.4. The largest absolute Gasteiger partial charge is 0.495 e. The number of hydrogen-bond donors (Lipinski definition) is 1. The molecular weight excluding hydrogens is 374 g/mol. The summed E-state index contributed by atoms with van der Waals surface area (Å²) in [4.78, 5) is 0.0684. The monoisotopic (exact) mass is 389 g/mol. The Bertz CT molecular complexity index is 1000. The zero-order chi connectivity index (χ0) is 18.6. The highest BCUT2D eigenvalue weighted by atomic mass is 35.5. The van der Waals surface area contributed by atoms with Crippen molar-refractivity contribution in [2.24, 2.45) is 0 Å². The maximum Gasteiger partial charge on any atom is 0.265 e. The zero-order valence-electron chi connectivity index (χ0n) is 13.8. The van der Waals surface area contributed by atoms with Crippen molar-refractivity contribution in [3.8, 4) is 17.2 Å². The van der Waals surface area contributed by atoms with Gasteiger partial charge >= 0.3 is 0 Å². The van der Waals surface area contributed by atoms with E-state index in [9.17, 15) is 8.42 Å². The minimum Gasteiger partial charge on any atom is -0.495 e. The molecule has 0 aliphatic rings. The number of sulfonamides is 1. The third kappa shape index (κ3) is 4.09. The van der Waals surface area contributed by atoms with Gasteiger partial charge < -0.3 is 9.47 Å². The van der Waals surface area contributed by atoms with E-state index in [0.29, 0.717) is 22.2 Å². The van der Waals surface area contributed by atoms with E-state index in [2.05, 4.69) is 4.72 Å². The van der Waals surface area contributed by atoms with Crippen molar-refractivity contribution in [2.45, 2.75) is 4.90 Å². The molecule has 3 rings (SSSR count). The van der Waals surface area contributed by atoms with Gasteiger partial charge in [0.1, 0.15) is 22.1 Å². The molecular formula is C19H16ClNO4S. The van der Waals surface area contributed by atoms with Gasteiger partial charge in [0.05, 0.1) is 12.1 Å². The van der Waals surface area contributed by atoms with Crippen molar-refractivity contribution in [1.82, 2.24) is 0 Å². The van der Waals surface area contributed by atoms with Crippen molar-refractivity contribution in [3.05, 3.63) is 77.8 Å². The fraction of sp³-hybridized carbons (Fsp3) is 0.0526. The molecule has 26 heavy (non-hydrogen) atoms. The molecule has 0 atom stereocenters. The molecule has 0 amide bonds. The number of ether oxygens (including phenoxy) is 2. The van der Waals surface area contributed by atoms with E-state index in [1.165, 1.54) is 13.2 Å². The Hall–Kier alpha value is -2.70. The maximum atomic E-state index is 12.6. The molecule has 1 N–H and O–H groups in total. The van der Waals surface area contributed by atoms with Crippen LogP contribution in [-0.2, 0) is 10.0 Å². The number of nitrogens with one attached hydrogen (secondary N) is 1. The summed E-state index contributed by atoms with van der Waals surface area (Å²) in [5.74, 6) is 1.34. The third-order valence-corrected chi connectivity index (χ3v) is 5.26. The Labute approximate surface area is 157 Å². The summed E-state index contributed by atoms with van der Waals surface area (Å²) in [6, 6.07) is 20.1. The van der Waals surface area contributed by atoms with E-state index in [4.69, 9.17) is 21.1 Å². The third-order valence-electron chi connectivity index (χ3n) is 3.53. The molecule has 0 unspecified atom stereocenters.